The maximum atomic E-state index is 11.2. The lowest BCUT2D eigenvalue weighted by atomic mass is 10.3. The second-order valence-corrected chi connectivity index (χ2v) is 7.73. The van der Waals surface area contributed by atoms with Gasteiger partial charge in [-0.05, 0) is 36.2 Å². The third kappa shape index (κ3) is 4.89. The molecule has 1 unspecified atom stereocenters. The van der Waals surface area contributed by atoms with Crippen LogP contribution in [0.1, 0.15) is 32.2 Å². The lowest BCUT2D eigenvalue weighted by Crippen LogP contribution is -2.33. The van der Waals surface area contributed by atoms with Gasteiger partial charge in [-0.2, -0.15) is 5.10 Å². The van der Waals surface area contributed by atoms with Gasteiger partial charge in [-0.25, -0.2) is 8.42 Å². The molecule has 0 aliphatic carbocycles. The molecule has 0 aromatic carbocycles. The maximum Gasteiger partial charge on any atom is 0.148 e. The summed E-state index contributed by atoms with van der Waals surface area (Å²) < 4.78 is 25.4. The van der Waals surface area contributed by atoms with Crippen molar-refractivity contribution >= 4 is 25.8 Å². The van der Waals surface area contributed by atoms with Crippen LogP contribution in [-0.2, 0) is 29.3 Å². The Balaban J connectivity index is 2.74. The summed E-state index contributed by atoms with van der Waals surface area (Å²) in [5.41, 5.74) is 2.11. The van der Waals surface area contributed by atoms with Crippen molar-refractivity contribution in [3.05, 3.63) is 15.9 Å². The van der Waals surface area contributed by atoms with Crippen molar-refractivity contribution in [2.24, 2.45) is 0 Å². The Kier molecular flexibility index (Phi) is 6.01. The fraction of sp³-hybridized carbons (Fsp3) is 0.750. The maximum absolute atomic E-state index is 11.2. The third-order valence-corrected chi connectivity index (χ3v) is 4.89. The molecule has 0 aliphatic heterocycles. The van der Waals surface area contributed by atoms with Crippen LogP contribution in [0, 0.1) is 0 Å². The van der Waals surface area contributed by atoms with Gasteiger partial charge >= 0.3 is 0 Å². The zero-order valence-corrected chi connectivity index (χ0v) is 14.3. The molecular weight excluding hydrogens is 330 g/mol. The molecule has 0 amide bonds. The van der Waals surface area contributed by atoms with Crippen molar-refractivity contribution in [3.8, 4) is 0 Å². The quantitative estimate of drug-likeness (QED) is 0.812. The molecule has 0 saturated heterocycles. The predicted octanol–water partition coefficient (Wildman–Crippen LogP) is 1.75. The van der Waals surface area contributed by atoms with E-state index in [1.807, 2.05) is 18.5 Å². The number of aromatic nitrogens is 2. The summed E-state index contributed by atoms with van der Waals surface area (Å²) in [6, 6.07) is -0.0767. The van der Waals surface area contributed by atoms with Gasteiger partial charge < -0.3 is 5.32 Å². The number of nitrogens with zero attached hydrogens (tertiary/aromatic N) is 2. The Morgan fingerprint density at radius 1 is 1.42 bits per heavy atom. The molecule has 1 N–H and O–H groups in total. The summed E-state index contributed by atoms with van der Waals surface area (Å²) in [6.07, 6.45) is 2.13. The highest BCUT2D eigenvalue weighted by atomic mass is 79.9. The van der Waals surface area contributed by atoms with Crippen LogP contribution in [0.3, 0.4) is 0 Å². The first-order chi connectivity index (χ1) is 8.78. The molecule has 1 heterocycles. The number of nitrogens with one attached hydrogen (secondary N) is 1. The lowest BCUT2D eigenvalue weighted by molar-refractivity contribution is 0.530. The summed E-state index contributed by atoms with van der Waals surface area (Å²) in [6.45, 7) is 7.40. The molecule has 1 atom stereocenters. The second-order valence-electron chi connectivity index (χ2n) is 4.75. The van der Waals surface area contributed by atoms with Gasteiger partial charge in [-0.1, -0.05) is 6.92 Å². The zero-order valence-electron chi connectivity index (χ0n) is 11.9. The van der Waals surface area contributed by atoms with E-state index in [4.69, 9.17) is 0 Å². The highest BCUT2D eigenvalue weighted by Gasteiger charge is 2.15. The van der Waals surface area contributed by atoms with Crippen LogP contribution in [0.4, 0.5) is 0 Å². The molecule has 19 heavy (non-hydrogen) atoms. The Bertz CT molecular complexity index is 525. The summed E-state index contributed by atoms with van der Waals surface area (Å²) >= 11 is 3.57. The average molecular weight is 352 g/mol. The Labute approximate surface area is 123 Å². The number of aryl methyl sites for hydroxylation is 2. The number of hydrogen-bond donors (Lipinski definition) is 1. The number of sulfone groups is 1. The Morgan fingerprint density at radius 3 is 2.53 bits per heavy atom. The first-order valence-corrected chi connectivity index (χ1v) is 9.29. The van der Waals surface area contributed by atoms with Crippen molar-refractivity contribution in [2.75, 3.05) is 12.0 Å². The molecule has 1 aromatic rings. The molecule has 0 bridgehead atoms. The summed E-state index contributed by atoms with van der Waals surface area (Å²) in [5, 5.41) is 7.75. The minimum absolute atomic E-state index is 0.0767. The van der Waals surface area contributed by atoms with E-state index in [0.29, 0.717) is 6.54 Å². The van der Waals surface area contributed by atoms with E-state index in [1.165, 1.54) is 6.26 Å². The van der Waals surface area contributed by atoms with E-state index in [-0.39, 0.29) is 11.8 Å². The van der Waals surface area contributed by atoms with Gasteiger partial charge in [-0.3, -0.25) is 4.68 Å². The molecule has 0 saturated carbocycles. The molecule has 0 radical (unpaired) electrons. The normalized spacial score (nSPS) is 13.7. The Morgan fingerprint density at radius 2 is 2.05 bits per heavy atom. The fourth-order valence-electron chi connectivity index (χ4n) is 1.97. The second kappa shape index (κ2) is 6.85. The van der Waals surface area contributed by atoms with Gasteiger partial charge in [0.15, 0.2) is 0 Å². The first kappa shape index (κ1) is 16.7. The molecular formula is C12H22BrN3O2S. The van der Waals surface area contributed by atoms with E-state index in [9.17, 15) is 8.42 Å². The molecule has 0 spiro atoms. The largest absolute Gasteiger partial charge is 0.308 e. The van der Waals surface area contributed by atoms with Crippen molar-refractivity contribution in [1.82, 2.24) is 15.1 Å². The van der Waals surface area contributed by atoms with Crippen molar-refractivity contribution in [3.63, 3.8) is 0 Å². The number of hydrogen-bond acceptors (Lipinski definition) is 4. The van der Waals surface area contributed by atoms with Crippen molar-refractivity contribution in [1.29, 1.82) is 0 Å². The summed E-state index contributed by atoms with van der Waals surface area (Å²) in [4.78, 5) is 0. The van der Waals surface area contributed by atoms with Crippen molar-refractivity contribution < 1.29 is 8.42 Å². The van der Waals surface area contributed by atoms with Gasteiger partial charge in [-0.15, -0.1) is 0 Å². The molecule has 7 heteroatoms. The van der Waals surface area contributed by atoms with Crippen LogP contribution >= 0.6 is 15.9 Å². The van der Waals surface area contributed by atoms with E-state index < -0.39 is 9.84 Å². The summed E-state index contributed by atoms with van der Waals surface area (Å²) in [7, 11) is -2.95. The minimum Gasteiger partial charge on any atom is -0.308 e. The highest BCUT2D eigenvalue weighted by molar-refractivity contribution is 9.10. The monoisotopic (exact) mass is 351 g/mol. The molecule has 1 aromatic heterocycles. The number of rotatable bonds is 7. The molecule has 110 valence electrons. The van der Waals surface area contributed by atoms with Gasteiger partial charge in [0.05, 0.1) is 21.6 Å². The first-order valence-electron chi connectivity index (χ1n) is 6.43. The van der Waals surface area contributed by atoms with E-state index in [1.54, 1.807) is 0 Å². The van der Waals surface area contributed by atoms with Crippen LogP contribution in [0.2, 0.25) is 0 Å². The van der Waals surface area contributed by atoms with Crippen LogP contribution < -0.4 is 5.32 Å². The summed E-state index contributed by atoms with van der Waals surface area (Å²) in [5.74, 6) is 0.144. The molecule has 0 fully saturated rings. The highest BCUT2D eigenvalue weighted by Crippen LogP contribution is 2.22. The smallest absolute Gasteiger partial charge is 0.148 e. The lowest BCUT2D eigenvalue weighted by Gasteiger charge is -2.13. The average Bonchev–Trinajstić information content (AvgIpc) is 2.60. The van der Waals surface area contributed by atoms with Gasteiger partial charge in [0.25, 0.3) is 0 Å². The van der Waals surface area contributed by atoms with Crippen molar-refractivity contribution in [2.45, 2.75) is 46.3 Å². The van der Waals surface area contributed by atoms with Crippen LogP contribution in [0.15, 0.2) is 4.47 Å². The number of halogens is 1. The van der Waals surface area contributed by atoms with Crippen LogP contribution in [0.5, 0.6) is 0 Å². The van der Waals surface area contributed by atoms with Crippen LogP contribution in [-0.4, -0.2) is 36.2 Å². The third-order valence-electron chi connectivity index (χ3n) is 2.86. The molecule has 1 rings (SSSR count). The van der Waals surface area contributed by atoms with Gasteiger partial charge in [0, 0.05) is 25.4 Å². The van der Waals surface area contributed by atoms with Crippen LogP contribution in [0.25, 0.3) is 0 Å². The molecule has 0 aliphatic rings. The zero-order chi connectivity index (χ0) is 14.6. The molecule has 5 nitrogen and oxygen atoms in total. The minimum atomic E-state index is -2.95. The SMILES string of the molecule is CCc1nn(CC)c(CNC(C)CS(C)(=O)=O)c1Br. The Hall–Kier alpha value is -0.400. The fourth-order valence-corrected chi connectivity index (χ4v) is 3.70. The van der Waals surface area contributed by atoms with E-state index in [0.717, 1.165) is 28.8 Å². The van der Waals surface area contributed by atoms with E-state index in [2.05, 4.69) is 33.3 Å². The van der Waals surface area contributed by atoms with E-state index >= 15 is 0 Å². The topological polar surface area (TPSA) is 64.0 Å². The van der Waals surface area contributed by atoms with Gasteiger partial charge in [0.1, 0.15) is 9.84 Å². The standard InChI is InChI=1S/C12H22BrN3O2S/c1-5-10-12(13)11(16(6-2)15-10)7-14-9(3)8-19(4,17)18/h9,14H,5-8H2,1-4H3. The van der Waals surface area contributed by atoms with Gasteiger partial charge in [0.2, 0.25) is 0 Å². The predicted molar refractivity (Wildman–Crippen MR) is 81.0 cm³/mol.